The molecule has 0 aromatic carbocycles. The van der Waals surface area contributed by atoms with Gasteiger partial charge in [-0.3, -0.25) is 4.79 Å². The first-order chi connectivity index (χ1) is 6.08. The van der Waals surface area contributed by atoms with Crippen LogP contribution < -0.4 is 5.73 Å². The van der Waals surface area contributed by atoms with Crippen molar-refractivity contribution in [2.45, 2.75) is 31.5 Å². The van der Waals surface area contributed by atoms with Gasteiger partial charge in [0.25, 0.3) is 0 Å². The molecule has 2 N–H and O–H groups in total. The number of fused-ring (bicyclic) bond motifs is 1. The van der Waals surface area contributed by atoms with Gasteiger partial charge in [-0.1, -0.05) is 0 Å². The SMILES string of the molecule is COC(=O)C12CC(CN)(C1)OC2C. The maximum atomic E-state index is 11.5. The van der Waals surface area contributed by atoms with Crippen molar-refractivity contribution in [3.8, 4) is 0 Å². The Morgan fingerprint density at radius 2 is 2.31 bits per heavy atom. The van der Waals surface area contributed by atoms with Crippen molar-refractivity contribution < 1.29 is 14.3 Å². The molecule has 2 aliphatic heterocycles. The number of hydrogen-bond acceptors (Lipinski definition) is 4. The highest BCUT2D eigenvalue weighted by molar-refractivity contribution is 5.80. The second-order valence-electron chi connectivity index (χ2n) is 4.15. The zero-order chi connectivity index (χ0) is 9.69. The molecule has 3 fully saturated rings. The molecule has 4 heteroatoms. The zero-order valence-corrected chi connectivity index (χ0v) is 8.00. The molecule has 0 radical (unpaired) electrons. The fraction of sp³-hybridized carbons (Fsp3) is 0.889. The van der Waals surface area contributed by atoms with Crippen LogP contribution in [0.15, 0.2) is 0 Å². The van der Waals surface area contributed by atoms with Crippen LogP contribution in [0.4, 0.5) is 0 Å². The van der Waals surface area contributed by atoms with Gasteiger partial charge < -0.3 is 15.2 Å². The van der Waals surface area contributed by atoms with Crippen LogP contribution >= 0.6 is 0 Å². The summed E-state index contributed by atoms with van der Waals surface area (Å²) in [4.78, 5) is 11.5. The highest BCUT2D eigenvalue weighted by atomic mass is 16.6. The summed E-state index contributed by atoms with van der Waals surface area (Å²) in [6.07, 6.45) is 1.40. The number of hydrogen-bond donors (Lipinski definition) is 1. The van der Waals surface area contributed by atoms with Gasteiger partial charge in [-0.2, -0.15) is 0 Å². The predicted octanol–water partition coefficient (Wildman–Crippen LogP) is 0.0558. The van der Waals surface area contributed by atoms with E-state index in [2.05, 4.69) is 0 Å². The summed E-state index contributed by atoms with van der Waals surface area (Å²) in [6, 6.07) is 0. The molecule has 0 amide bonds. The molecule has 4 nitrogen and oxygen atoms in total. The van der Waals surface area contributed by atoms with E-state index in [-0.39, 0.29) is 17.7 Å². The number of rotatable bonds is 2. The van der Waals surface area contributed by atoms with Gasteiger partial charge in [-0.05, 0) is 19.8 Å². The lowest BCUT2D eigenvalue weighted by atomic mass is 9.60. The number of carbonyl (C=O) groups is 1. The molecule has 2 heterocycles. The van der Waals surface area contributed by atoms with Crippen molar-refractivity contribution in [3.63, 3.8) is 0 Å². The minimum atomic E-state index is -0.395. The van der Waals surface area contributed by atoms with E-state index >= 15 is 0 Å². The van der Waals surface area contributed by atoms with Gasteiger partial charge in [-0.15, -0.1) is 0 Å². The molecule has 1 unspecified atom stereocenters. The molecule has 2 bridgehead atoms. The van der Waals surface area contributed by atoms with Gasteiger partial charge in [0.1, 0.15) is 0 Å². The van der Waals surface area contributed by atoms with E-state index < -0.39 is 5.41 Å². The van der Waals surface area contributed by atoms with Crippen LogP contribution in [0.2, 0.25) is 0 Å². The Morgan fingerprint density at radius 1 is 1.69 bits per heavy atom. The first-order valence-corrected chi connectivity index (χ1v) is 4.55. The first-order valence-electron chi connectivity index (χ1n) is 4.55. The number of carbonyl (C=O) groups excluding carboxylic acids is 1. The summed E-state index contributed by atoms with van der Waals surface area (Å²) in [7, 11) is 1.42. The van der Waals surface area contributed by atoms with Crippen molar-refractivity contribution in [3.05, 3.63) is 0 Å². The standard InChI is InChI=1S/C9H15NO3/c1-6-9(7(11)12-2)3-8(4-9,5-10)13-6/h6H,3-5,10H2,1-2H3. The Balaban J connectivity index is 2.18. The smallest absolute Gasteiger partial charge is 0.314 e. The third-order valence-corrected chi connectivity index (χ3v) is 3.44. The lowest BCUT2D eigenvalue weighted by Crippen LogP contribution is -2.53. The fourth-order valence-corrected chi connectivity index (χ4v) is 2.66. The fourth-order valence-electron chi connectivity index (χ4n) is 2.66. The monoisotopic (exact) mass is 185 g/mol. The van der Waals surface area contributed by atoms with E-state index in [1.54, 1.807) is 0 Å². The third-order valence-electron chi connectivity index (χ3n) is 3.44. The lowest BCUT2D eigenvalue weighted by Gasteiger charge is -2.42. The number of methoxy groups -OCH3 is 1. The molecule has 1 saturated carbocycles. The molecule has 3 rings (SSSR count). The molecule has 1 aliphatic carbocycles. The second kappa shape index (κ2) is 2.45. The maximum Gasteiger partial charge on any atom is 0.314 e. The van der Waals surface area contributed by atoms with Gasteiger partial charge in [0.15, 0.2) is 0 Å². The van der Waals surface area contributed by atoms with Gasteiger partial charge in [0.05, 0.1) is 24.2 Å². The van der Waals surface area contributed by atoms with E-state index in [9.17, 15) is 4.79 Å². The van der Waals surface area contributed by atoms with E-state index in [4.69, 9.17) is 15.2 Å². The minimum Gasteiger partial charge on any atom is -0.469 e. The van der Waals surface area contributed by atoms with Crippen LogP contribution in [-0.2, 0) is 14.3 Å². The summed E-state index contributed by atoms with van der Waals surface area (Å²) >= 11 is 0. The van der Waals surface area contributed by atoms with E-state index in [0.29, 0.717) is 6.54 Å². The summed E-state index contributed by atoms with van der Waals surface area (Å²) in [5.74, 6) is -0.151. The van der Waals surface area contributed by atoms with Gasteiger partial charge in [-0.25, -0.2) is 0 Å². The van der Waals surface area contributed by atoms with Crippen LogP contribution in [-0.4, -0.2) is 31.3 Å². The van der Waals surface area contributed by atoms with Crippen molar-refractivity contribution in [1.82, 2.24) is 0 Å². The zero-order valence-electron chi connectivity index (χ0n) is 8.00. The Bertz CT molecular complexity index is 245. The summed E-state index contributed by atoms with van der Waals surface area (Å²) in [5.41, 5.74) is 4.97. The van der Waals surface area contributed by atoms with Gasteiger partial charge >= 0.3 is 5.97 Å². The van der Waals surface area contributed by atoms with Crippen molar-refractivity contribution in [1.29, 1.82) is 0 Å². The Morgan fingerprint density at radius 3 is 2.69 bits per heavy atom. The Hall–Kier alpha value is -0.610. The molecule has 0 aromatic heterocycles. The van der Waals surface area contributed by atoms with Crippen LogP contribution in [0.25, 0.3) is 0 Å². The van der Waals surface area contributed by atoms with Crippen LogP contribution in [0.3, 0.4) is 0 Å². The average molecular weight is 185 g/mol. The summed E-state index contributed by atoms with van der Waals surface area (Å²) in [6.45, 7) is 2.41. The van der Waals surface area contributed by atoms with Crippen LogP contribution in [0.1, 0.15) is 19.8 Å². The van der Waals surface area contributed by atoms with E-state index in [1.807, 2.05) is 6.92 Å². The van der Waals surface area contributed by atoms with E-state index in [0.717, 1.165) is 12.8 Å². The van der Waals surface area contributed by atoms with Crippen molar-refractivity contribution >= 4 is 5.97 Å². The molecule has 13 heavy (non-hydrogen) atoms. The normalized spacial score (nSPS) is 47.2. The highest BCUT2D eigenvalue weighted by Gasteiger charge is 2.70. The lowest BCUT2D eigenvalue weighted by molar-refractivity contribution is -0.158. The van der Waals surface area contributed by atoms with Crippen molar-refractivity contribution in [2.75, 3.05) is 13.7 Å². The largest absolute Gasteiger partial charge is 0.469 e. The van der Waals surface area contributed by atoms with Crippen LogP contribution in [0, 0.1) is 5.41 Å². The molecule has 74 valence electrons. The molecule has 3 aliphatic rings. The molecular formula is C9H15NO3. The van der Waals surface area contributed by atoms with Crippen LogP contribution in [0.5, 0.6) is 0 Å². The molecule has 0 spiro atoms. The average Bonchev–Trinajstić information content (AvgIpc) is 2.51. The van der Waals surface area contributed by atoms with E-state index in [1.165, 1.54) is 7.11 Å². The predicted molar refractivity (Wildman–Crippen MR) is 46.0 cm³/mol. The number of ether oxygens (including phenoxy) is 2. The number of esters is 1. The Kier molecular flexibility index (Phi) is 1.69. The first kappa shape index (κ1) is 8.97. The van der Waals surface area contributed by atoms with Gasteiger partial charge in [0, 0.05) is 6.54 Å². The molecular weight excluding hydrogens is 170 g/mol. The topological polar surface area (TPSA) is 61.5 Å². The Labute approximate surface area is 77.4 Å². The number of nitrogens with two attached hydrogens (primary N) is 1. The quantitative estimate of drug-likeness (QED) is 0.618. The van der Waals surface area contributed by atoms with Crippen molar-refractivity contribution in [2.24, 2.45) is 11.1 Å². The summed E-state index contributed by atoms with van der Waals surface area (Å²) in [5, 5.41) is 0. The minimum absolute atomic E-state index is 0.0523. The second-order valence-corrected chi connectivity index (χ2v) is 4.15. The summed E-state index contributed by atoms with van der Waals surface area (Å²) < 4.78 is 10.4. The maximum absolute atomic E-state index is 11.5. The van der Waals surface area contributed by atoms with Gasteiger partial charge in [0.2, 0.25) is 0 Å². The third kappa shape index (κ3) is 0.901. The molecule has 2 saturated heterocycles. The molecule has 1 atom stereocenters. The molecule has 0 aromatic rings. The highest BCUT2D eigenvalue weighted by Crippen LogP contribution is 2.61.